The number of methoxy groups -OCH3 is 1. The van der Waals surface area contributed by atoms with Crippen molar-refractivity contribution < 1.29 is 13.5 Å². The molecule has 0 radical (unpaired) electrons. The van der Waals surface area contributed by atoms with Crippen molar-refractivity contribution in [3.8, 4) is 5.75 Å². The van der Waals surface area contributed by atoms with E-state index >= 15 is 0 Å². The minimum absolute atomic E-state index is 0.214. The summed E-state index contributed by atoms with van der Waals surface area (Å²) < 4.78 is 26.5. The summed E-state index contributed by atoms with van der Waals surface area (Å²) in [5, 5.41) is 0. The zero-order chi connectivity index (χ0) is 10.0. The molecule has 1 rings (SSSR count). The molecule has 0 aliphatic carbocycles. The van der Waals surface area contributed by atoms with Crippen LogP contribution >= 0.6 is 0 Å². The lowest BCUT2D eigenvalue weighted by Gasteiger charge is -2.13. The highest BCUT2D eigenvalue weighted by Crippen LogP contribution is 2.25. The fraction of sp³-hybridized carbons (Fsp3) is 0.333. The van der Waals surface area contributed by atoms with Gasteiger partial charge in [0.15, 0.2) is 0 Å². The van der Waals surface area contributed by atoms with Gasteiger partial charge >= 0.3 is 0 Å². The predicted octanol–water partition coefficient (Wildman–Crippen LogP) is 1.55. The van der Waals surface area contributed by atoms with Crippen LogP contribution in [0.5, 0.6) is 5.75 Å². The molecule has 0 bridgehead atoms. The van der Waals surface area contributed by atoms with Gasteiger partial charge in [0.25, 0.3) is 0 Å². The zero-order valence-corrected chi connectivity index (χ0v) is 8.60. The van der Waals surface area contributed by atoms with Crippen LogP contribution < -0.4 is 4.74 Å². The number of hydrogen-bond acceptors (Lipinski definition) is 3. The quantitative estimate of drug-likeness (QED) is 0.679. The van der Waals surface area contributed by atoms with Crippen molar-refractivity contribution in [3.63, 3.8) is 0 Å². The molecule has 0 aliphatic rings. The van der Waals surface area contributed by atoms with E-state index in [0.29, 0.717) is 5.75 Å². The molecular formula is C9H11O3S-. The van der Waals surface area contributed by atoms with Crippen LogP contribution in [0.15, 0.2) is 17.0 Å². The molecule has 1 atom stereocenters. The van der Waals surface area contributed by atoms with E-state index in [2.05, 4.69) is 0 Å². The van der Waals surface area contributed by atoms with E-state index < -0.39 is 11.1 Å². The van der Waals surface area contributed by atoms with Crippen molar-refractivity contribution in [2.75, 3.05) is 7.11 Å². The van der Waals surface area contributed by atoms with E-state index in [1.54, 1.807) is 12.1 Å². The molecule has 0 amide bonds. The molecule has 0 spiro atoms. The molecule has 0 aliphatic heterocycles. The van der Waals surface area contributed by atoms with Gasteiger partial charge in [-0.15, -0.1) is 0 Å². The van der Waals surface area contributed by atoms with Gasteiger partial charge in [-0.05, 0) is 48.2 Å². The first-order valence-electron chi connectivity index (χ1n) is 3.80. The summed E-state index contributed by atoms with van der Waals surface area (Å²) in [5.74, 6) is 0.399. The lowest BCUT2D eigenvalue weighted by Crippen LogP contribution is -1.97. The van der Waals surface area contributed by atoms with Gasteiger partial charge in [0.05, 0.1) is 12.0 Å². The second-order valence-corrected chi connectivity index (χ2v) is 3.73. The molecule has 0 saturated carbocycles. The largest absolute Gasteiger partial charge is 0.768 e. The van der Waals surface area contributed by atoms with E-state index in [0.717, 1.165) is 11.1 Å². The van der Waals surface area contributed by atoms with Crippen LogP contribution in [-0.2, 0) is 11.1 Å². The van der Waals surface area contributed by atoms with Crippen molar-refractivity contribution >= 4 is 11.1 Å². The molecule has 1 unspecified atom stereocenters. The van der Waals surface area contributed by atoms with E-state index in [9.17, 15) is 8.76 Å². The summed E-state index contributed by atoms with van der Waals surface area (Å²) in [5.41, 5.74) is 1.96. The number of hydrogen-bond donors (Lipinski definition) is 0. The average Bonchev–Trinajstić information content (AvgIpc) is 2.08. The SMILES string of the molecule is COc1cc(C)c(C)cc1S(=O)[O-]. The van der Waals surface area contributed by atoms with Crippen molar-refractivity contribution in [3.05, 3.63) is 23.3 Å². The second-order valence-electron chi connectivity index (χ2n) is 2.82. The molecule has 4 heteroatoms. The van der Waals surface area contributed by atoms with Crippen molar-refractivity contribution in [1.82, 2.24) is 0 Å². The van der Waals surface area contributed by atoms with Crippen LogP contribution in [0.25, 0.3) is 0 Å². The summed E-state index contributed by atoms with van der Waals surface area (Å²) >= 11 is -2.23. The Hall–Kier alpha value is -0.870. The Balaban J connectivity index is 3.33. The van der Waals surface area contributed by atoms with Crippen molar-refractivity contribution in [2.45, 2.75) is 18.7 Å². The van der Waals surface area contributed by atoms with E-state index in [1.807, 2.05) is 13.8 Å². The number of ether oxygens (including phenoxy) is 1. The van der Waals surface area contributed by atoms with Crippen LogP contribution in [0.4, 0.5) is 0 Å². The van der Waals surface area contributed by atoms with Gasteiger partial charge in [0, 0.05) is 0 Å². The van der Waals surface area contributed by atoms with E-state index in [1.165, 1.54) is 7.11 Å². The monoisotopic (exact) mass is 199 g/mol. The maximum atomic E-state index is 10.8. The number of benzene rings is 1. The molecule has 0 N–H and O–H groups in total. The Morgan fingerprint density at radius 1 is 1.31 bits per heavy atom. The summed E-state index contributed by atoms with van der Waals surface area (Å²) in [6.45, 7) is 3.78. The molecule has 13 heavy (non-hydrogen) atoms. The molecule has 0 aromatic heterocycles. The third-order valence-corrected chi connectivity index (χ3v) is 2.64. The van der Waals surface area contributed by atoms with Crippen LogP contribution in [0, 0.1) is 13.8 Å². The zero-order valence-electron chi connectivity index (χ0n) is 7.79. The molecular weight excluding hydrogens is 188 g/mol. The minimum atomic E-state index is -2.23. The van der Waals surface area contributed by atoms with Crippen LogP contribution in [0.2, 0.25) is 0 Å². The fourth-order valence-electron chi connectivity index (χ4n) is 1.05. The van der Waals surface area contributed by atoms with Gasteiger partial charge < -0.3 is 9.29 Å². The lowest BCUT2D eigenvalue weighted by atomic mass is 10.1. The Labute approximate surface area is 80.0 Å². The summed E-state index contributed by atoms with van der Waals surface area (Å²) in [6, 6.07) is 3.33. The number of rotatable bonds is 2. The van der Waals surface area contributed by atoms with Gasteiger partial charge in [-0.2, -0.15) is 0 Å². The third kappa shape index (κ3) is 2.08. The molecule has 1 aromatic carbocycles. The van der Waals surface area contributed by atoms with E-state index in [4.69, 9.17) is 4.74 Å². The topological polar surface area (TPSA) is 49.4 Å². The summed E-state index contributed by atoms with van der Waals surface area (Å²) in [4.78, 5) is 0.214. The molecule has 0 heterocycles. The average molecular weight is 199 g/mol. The normalized spacial score (nSPS) is 12.6. The summed E-state index contributed by atoms with van der Waals surface area (Å²) in [7, 11) is 1.46. The fourth-order valence-corrected chi connectivity index (χ4v) is 1.63. The molecule has 0 fully saturated rings. The first-order chi connectivity index (χ1) is 6.06. The van der Waals surface area contributed by atoms with Gasteiger partial charge in [0.1, 0.15) is 5.75 Å². The van der Waals surface area contributed by atoms with Crippen LogP contribution in [0.1, 0.15) is 11.1 Å². The third-order valence-electron chi connectivity index (χ3n) is 1.96. The summed E-state index contributed by atoms with van der Waals surface area (Å²) in [6.07, 6.45) is 0. The molecule has 72 valence electrons. The number of aryl methyl sites for hydroxylation is 2. The Morgan fingerprint density at radius 2 is 1.85 bits per heavy atom. The Morgan fingerprint density at radius 3 is 2.31 bits per heavy atom. The first kappa shape index (κ1) is 10.2. The molecule has 1 aromatic rings. The highest BCUT2D eigenvalue weighted by Gasteiger charge is 2.05. The molecule has 3 nitrogen and oxygen atoms in total. The van der Waals surface area contributed by atoms with Crippen LogP contribution in [0.3, 0.4) is 0 Å². The van der Waals surface area contributed by atoms with Gasteiger partial charge in [-0.25, -0.2) is 0 Å². The standard InChI is InChI=1S/C9H12O3S/c1-6-4-8(12-3)9(13(10)11)5-7(6)2/h4-5H,1-3H3,(H,10,11)/p-1. The van der Waals surface area contributed by atoms with Crippen LogP contribution in [-0.4, -0.2) is 15.9 Å². The van der Waals surface area contributed by atoms with Gasteiger partial charge in [0.2, 0.25) is 0 Å². The Bertz CT molecular complexity index is 347. The van der Waals surface area contributed by atoms with Crippen molar-refractivity contribution in [2.24, 2.45) is 0 Å². The lowest BCUT2D eigenvalue weighted by molar-refractivity contribution is 0.401. The highest BCUT2D eigenvalue weighted by molar-refractivity contribution is 7.79. The molecule has 0 saturated heterocycles. The maximum Gasteiger partial charge on any atom is 0.134 e. The van der Waals surface area contributed by atoms with Gasteiger partial charge in [-0.3, -0.25) is 4.21 Å². The van der Waals surface area contributed by atoms with E-state index in [-0.39, 0.29) is 4.90 Å². The second kappa shape index (κ2) is 3.89. The van der Waals surface area contributed by atoms with Crippen molar-refractivity contribution in [1.29, 1.82) is 0 Å². The first-order valence-corrected chi connectivity index (χ1v) is 4.88. The Kier molecular flexibility index (Phi) is 3.06. The predicted molar refractivity (Wildman–Crippen MR) is 49.7 cm³/mol. The maximum absolute atomic E-state index is 10.8. The minimum Gasteiger partial charge on any atom is -0.768 e. The highest BCUT2D eigenvalue weighted by atomic mass is 32.2. The smallest absolute Gasteiger partial charge is 0.134 e. The van der Waals surface area contributed by atoms with Gasteiger partial charge in [-0.1, -0.05) is 0 Å².